The largest absolute Gasteiger partial charge is 0.346 e. The zero-order valence-electron chi connectivity index (χ0n) is 12.3. The first kappa shape index (κ1) is 14.2. The quantitative estimate of drug-likeness (QED) is 0.886. The lowest BCUT2D eigenvalue weighted by Gasteiger charge is -2.36. The standard InChI is InChI=1S/C15H20N4O2S/c20-22(21,12-8-16-9-12)19-6-3-11(4-7-19)14-10-18-15-13(14)2-1-5-17-15/h1-2,5,10-12,16H,3-4,6-9H2,(H,17,18). The van der Waals surface area contributed by atoms with Crippen LogP contribution in [0.4, 0.5) is 0 Å². The first-order valence-corrected chi connectivity index (χ1v) is 9.28. The van der Waals surface area contributed by atoms with Crippen molar-refractivity contribution in [3.63, 3.8) is 0 Å². The van der Waals surface area contributed by atoms with E-state index in [-0.39, 0.29) is 5.25 Å². The molecule has 4 rings (SSSR count). The van der Waals surface area contributed by atoms with E-state index in [9.17, 15) is 8.42 Å². The molecular formula is C15H20N4O2S. The Hall–Kier alpha value is -1.44. The SMILES string of the molecule is O=S(=O)(C1CNC1)N1CCC(c2c[nH]c3ncccc23)CC1. The van der Waals surface area contributed by atoms with Crippen LogP contribution in [0, 0.1) is 0 Å². The molecule has 22 heavy (non-hydrogen) atoms. The minimum atomic E-state index is -3.11. The summed E-state index contributed by atoms with van der Waals surface area (Å²) in [6, 6.07) is 4.03. The third-order valence-electron chi connectivity index (χ3n) is 4.90. The zero-order chi connectivity index (χ0) is 15.2. The van der Waals surface area contributed by atoms with Crippen molar-refractivity contribution >= 4 is 21.1 Å². The fourth-order valence-electron chi connectivity index (χ4n) is 3.42. The third kappa shape index (κ3) is 2.24. The van der Waals surface area contributed by atoms with Crippen LogP contribution in [-0.4, -0.2) is 54.1 Å². The third-order valence-corrected chi connectivity index (χ3v) is 7.16. The molecule has 2 aromatic rings. The number of nitrogens with one attached hydrogen (secondary N) is 2. The molecule has 2 saturated heterocycles. The Kier molecular flexibility index (Phi) is 3.43. The van der Waals surface area contributed by atoms with Gasteiger partial charge < -0.3 is 10.3 Å². The van der Waals surface area contributed by atoms with Gasteiger partial charge >= 0.3 is 0 Å². The van der Waals surface area contributed by atoms with Gasteiger partial charge in [0, 0.05) is 44.0 Å². The molecule has 0 spiro atoms. The van der Waals surface area contributed by atoms with Crippen molar-refractivity contribution in [1.82, 2.24) is 19.6 Å². The van der Waals surface area contributed by atoms with Crippen molar-refractivity contribution in [2.45, 2.75) is 24.0 Å². The fourth-order valence-corrected chi connectivity index (χ4v) is 5.22. The zero-order valence-corrected chi connectivity index (χ0v) is 13.1. The summed E-state index contributed by atoms with van der Waals surface area (Å²) in [5.74, 6) is 0.406. The Bertz CT molecular complexity index is 774. The molecule has 0 bridgehead atoms. The van der Waals surface area contributed by atoms with Gasteiger partial charge in [-0.25, -0.2) is 17.7 Å². The molecule has 2 aliphatic heterocycles. The number of hydrogen-bond donors (Lipinski definition) is 2. The number of nitrogens with zero attached hydrogens (tertiary/aromatic N) is 2. The van der Waals surface area contributed by atoms with Crippen LogP contribution < -0.4 is 5.32 Å². The molecule has 0 saturated carbocycles. The highest BCUT2D eigenvalue weighted by molar-refractivity contribution is 7.89. The van der Waals surface area contributed by atoms with E-state index in [0.717, 1.165) is 23.9 Å². The monoisotopic (exact) mass is 320 g/mol. The minimum Gasteiger partial charge on any atom is -0.346 e. The first-order chi connectivity index (χ1) is 10.7. The molecule has 0 aromatic carbocycles. The van der Waals surface area contributed by atoms with Crippen LogP contribution in [0.2, 0.25) is 0 Å². The molecule has 0 amide bonds. The molecule has 0 atom stereocenters. The molecule has 2 aromatic heterocycles. The van der Waals surface area contributed by atoms with Gasteiger partial charge in [-0.15, -0.1) is 0 Å². The van der Waals surface area contributed by atoms with Crippen LogP contribution in [0.15, 0.2) is 24.5 Å². The van der Waals surface area contributed by atoms with Gasteiger partial charge in [-0.3, -0.25) is 0 Å². The number of fused-ring (bicyclic) bond motifs is 1. The minimum absolute atomic E-state index is 0.221. The molecule has 0 aliphatic carbocycles. The predicted molar refractivity (Wildman–Crippen MR) is 85.2 cm³/mol. The lowest BCUT2D eigenvalue weighted by atomic mass is 9.90. The maximum absolute atomic E-state index is 12.4. The van der Waals surface area contributed by atoms with Crippen molar-refractivity contribution in [3.8, 4) is 0 Å². The first-order valence-electron chi connectivity index (χ1n) is 7.78. The van der Waals surface area contributed by atoms with Crippen LogP contribution in [0.3, 0.4) is 0 Å². The fraction of sp³-hybridized carbons (Fsp3) is 0.533. The second-order valence-corrected chi connectivity index (χ2v) is 8.36. The van der Waals surface area contributed by atoms with Crippen LogP contribution in [0.25, 0.3) is 11.0 Å². The van der Waals surface area contributed by atoms with Crippen molar-refractivity contribution in [3.05, 3.63) is 30.1 Å². The summed E-state index contributed by atoms with van der Waals surface area (Å²) in [5.41, 5.74) is 2.18. The number of aromatic nitrogens is 2. The molecule has 0 unspecified atom stereocenters. The number of H-pyrrole nitrogens is 1. The van der Waals surface area contributed by atoms with Gasteiger partial charge in [-0.05, 0) is 36.5 Å². The van der Waals surface area contributed by atoms with E-state index in [1.54, 1.807) is 10.5 Å². The van der Waals surface area contributed by atoms with Crippen molar-refractivity contribution in [2.75, 3.05) is 26.2 Å². The Morgan fingerprint density at radius 1 is 1.23 bits per heavy atom. The number of hydrogen-bond acceptors (Lipinski definition) is 4. The van der Waals surface area contributed by atoms with Gasteiger partial charge in [-0.1, -0.05) is 0 Å². The predicted octanol–water partition coefficient (Wildman–Crippen LogP) is 1.04. The maximum atomic E-state index is 12.4. The van der Waals surface area contributed by atoms with E-state index < -0.39 is 10.0 Å². The second kappa shape index (κ2) is 5.33. The van der Waals surface area contributed by atoms with Gasteiger partial charge in [0.05, 0.1) is 0 Å². The normalized spacial score (nSPS) is 22.0. The molecule has 2 fully saturated rings. The van der Waals surface area contributed by atoms with Crippen molar-refractivity contribution in [1.29, 1.82) is 0 Å². The van der Waals surface area contributed by atoms with Gasteiger partial charge in [0.25, 0.3) is 0 Å². The number of aromatic amines is 1. The molecular weight excluding hydrogens is 300 g/mol. The molecule has 4 heterocycles. The highest BCUT2D eigenvalue weighted by Crippen LogP contribution is 2.33. The Morgan fingerprint density at radius 3 is 2.68 bits per heavy atom. The Labute approximate surface area is 130 Å². The average molecular weight is 320 g/mol. The Morgan fingerprint density at radius 2 is 2.00 bits per heavy atom. The van der Waals surface area contributed by atoms with E-state index in [4.69, 9.17) is 0 Å². The molecule has 7 heteroatoms. The molecule has 118 valence electrons. The smallest absolute Gasteiger partial charge is 0.219 e. The van der Waals surface area contributed by atoms with E-state index in [2.05, 4.69) is 21.4 Å². The highest BCUT2D eigenvalue weighted by atomic mass is 32.2. The van der Waals surface area contributed by atoms with E-state index in [1.165, 1.54) is 5.56 Å². The van der Waals surface area contributed by atoms with Gasteiger partial charge in [0.15, 0.2) is 0 Å². The molecule has 2 N–H and O–H groups in total. The van der Waals surface area contributed by atoms with Gasteiger partial charge in [-0.2, -0.15) is 0 Å². The Balaban J connectivity index is 1.50. The summed E-state index contributed by atoms with van der Waals surface area (Å²) < 4.78 is 26.6. The second-order valence-electron chi connectivity index (χ2n) is 6.14. The van der Waals surface area contributed by atoms with E-state index in [0.29, 0.717) is 32.1 Å². The summed E-state index contributed by atoms with van der Waals surface area (Å²) in [4.78, 5) is 7.54. The molecule has 2 aliphatic rings. The lowest BCUT2D eigenvalue weighted by Crippen LogP contribution is -2.56. The summed E-state index contributed by atoms with van der Waals surface area (Å²) in [5, 5.41) is 3.98. The number of pyridine rings is 1. The lowest BCUT2D eigenvalue weighted by molar-refractivity contribution is 0.311. The number of rotatable bonds is 3. The summed E-state index contributed by atoms with van der Waals surface area (Å²) in [6.45, 7) is 2.43. The molecule has 0 radical (unpaired) electrons. The van der Waals surface area contributed by atoms with E-state index >= 15 is 0 Å². The summed E-state index contributed by atoms with van der Waals surface area (Å²) >= 11 is 0. The summed E-state index contributed by atoms with van der Waals surface area (Å²) in [6.07, 6.45) is 5.56. The van der Waals surface area contributed by atoms with Crippen LogP contribution >= 0.6 is 0 Å². The maximum Gasteiger partial charge on any atom is 0.219 e. The van der Waals surface area contributed by atoms with Crippen LogP contribution in [0.5, 0.6) is 0 Å². The van der Waals surface area contributed by atoms with Crippen molar-refractivity contribution in [2.24, 2.45) is 0 Å². The van der Waals surface area contributed by atoms with Crippen LogP contribution in [-0.2, 0) is 10.0 Å². The summed E-state index contributed by atoms with van der Waals surface area (Å²) in [7, 11) is -3.11. The van der Waals surface area contributed by atoms with Gasteiger partial charge in [0.1, 0.15) is 10.9 Å². The highest BCUT2D eigenvalue weighted by Gasteiger charge is 2.38. The topological polar surface area (TPSA) is 78.1 Å². The van der Waals surface area contributed by atoms with Gasteiger partial charge in [0.2, 0.25) is 10.0 Å². The number of piperidine rings is 1. The van der Waals surface area contributed by atoms with E-state index in [1.807, 2.05) is 12.3 Å². The van der Waals surface area contributed by atoms with Crippen molar-refractivity contribution < 1.29 is 8.42 Å². The number of sulfonamides is 1. The van der Waals surface area contributed by atoms with Crippen LogP contribution in [0.1, 0.15) is 24.3 Å². The molecule has 6 nitrogen and oxygen atoms in total. The average Bonchev–Trinajstić information content (AvgIpc) is 2.89.